The first-order valence-electron chi connectivity index (χ1n) is 11.8. The molecule has 0 bridgehead atoms. The van der Waals surface area contributed by atoms with Gasteiger partial charge in [0.25, 0.3) is 0 Å². The number of piperazine rings is 1. The van der Waals surface area contributed by atoms with E-state index in [-0.39, 0.29) is 0 Å². The van der Waals surface area contributed by atoms with E-state index in [2.05, 4.69) is 66.9 Å². The average molecular weight is 424 g/mol. The van der Waals surface area contributed by atoms with Gasteiger partial charge in [0.1, 0.15) is 11.6 Å². The zero-order valence-corrected chi connectivity index (χ0v) is 19.4. The van der Waals surface area contributed by atoms with Gasteiger partial charge in [-0.15, -0.1) is 10.2 Å². The molecule has 0 aliphatic carbocycles. The second-order valence-corrected chi connectivity index (χ2v) is 8.77. The van der Waals surface area contributed by atoms with Crippen LogP contribution in [0.25, 0.3) is 0 Å². The molecule has 1 aromatic carbocycles. The van der Waals surface area contributed by atoms with Crippen LogP contribution >= 0.6 is 0 Å². The van der Waals surface area contributed by atoms with Crippen molar-refractivity contribution in [3.63, 3.8) is 0 Å². The van der Waals surface area contributed by atoms with Crippen LogP contribution in [-0.2, 0) is 19.4 Å². The van der Waals surface area contributed by atoms with Crippen molar-refractivity contribution >= 4 is 11.6 Å². The number of rotatable bonds is 5. The Labute approximate surface area is 186 Å². The van der Waals surface area contributed by atoms with Crippen molar-refractivity contribution in [1.82, 2.24) is 25.0 Å². The summed E-state index contributed by atoms with van der Waals surface area (Å²) in [5.74, 6) is 3.34. The molecule has 31 heavy (non-hydrogen) atoms. The molecule has 3 heterocycles. The summed E-state index contributed by atoms with van der Waals surface area (Å²) in [6.07, 6.45) is 6.88. The number of fused-ring (bicyclic) bond motifs is 1. The lowest BCUT2D eigenvalue weighted by Gasteiger charge is -2.38. The minimum atomic E-state index is 0.909. The predicted molar refractivity (Wildman–Crippen MR) is 127 cm³/mol. The Balaban J connectivity index is 1.24. The van der Waals surface area contributed by atoms with Gasteiger partial charge in [-0.2, -0.15) is 0 Å². The van der Waals surface area contributed by atoms with Crippen LogP contribution in [0.1, 0.15) is 48.5 Å². The van der Waals surface area contributed by atoms with E-state index in [1.165, 1.54) is 41.9 Å². The van der Waals surface area contributed by atoms with Gasteiger partial charge in [-0.1, -0.05) is 18.6 Å². The first-order chi connectivity index (χ1) is 15.2. The summed E-state index contributed by atoms with van der Waals surface area (Å²) in [7, 11) is 1.89. The van der Waals surface area contributed by atoms with Crippen LogP contribution in [0.5, 0.6) is 0 Å². The van der Waals surface area contributed by atoms with E-state index in [1.807, 2.05) is 7.05 Å². The van der Waals surface area contributed by atoms with Gasteiger partial charge in [0.2, 0.25) is 0 Å². The molecule has 0 amide bonds. The van der Waals surface area contributed by atoms with Crippen molar-refractivity contribution < 1.29 is 0 Å². The number of aryl methyl sites for hydroxylation is 3. The highest BCUT2D eigenvalue weighted by atomic mass is 15.3. The Bertz CT molecular complexity index is 893. The van der Waals surface area contributed by atoms with Crippen LogP contribution in [0.2, 0.25) is 0 Å². The van der Waals surface area contributed by atoms with Crippen molar-refractivity contribution in [3.05, 3.63) is 41.0 Å². The lowest BCUT2D eigenvalue weighted by molar-refractivity contribution is 0.372. The molecule has 1 fully saturated rings. The molecule has 4 rings (SSSR count). The number of anilines is 1. The lowest BCUT2D eigenvalue weighted by Crippen LogP contribution is -2.52. The Kier molecular flexibility index (Phi) is 7.10. The highest BCUT2D eigenvalue weighted by Crippen LogP contribution is 2.24. The fourth-order valence-corrected chi connectivity index (χ4v) is 4.75. The minimum absolute atomic E-state index is 0.909. The summed E-state index contributed by atoms with van der Waals surface area (Å²) < 4.78 is 2.36. The highest BCUT2D eigenvalue weighted by Gasteiger charge is 2.21. The van der Waals surface area contributed by atoms with Crippen LogP contribution in [0.4, 0.5) is 5.69 Å². The van der Waals surface area contributed by atoms with E-state index in [1.54, 1.807) is 0 Å². The van der Waals surface area contributed by atoms with Gasteiger partial charge in [-0.05, 0) is 50.3 Å². The van der Waals surface area contributed by atoms with E-state index in [0.717, 1.165) is 70.3 Å². The summed E-state index contributed by atoms with van der Waals surface area (Å²) in [6, 6.07) is 6.60. The Morgan fingerprint density at radius 2 is 1.87 bits per heavy atom. The van der Waals surface area contributed by atoms with E-state index in [0.29, 0.717) is 0 Å². The summed E-state index contributed by atoms with van der Waals surface area (Å²) in [4.78, 5) is 9.42. The second-order valence-electron chi connectivity index (χ2n) is 8.77. The molecule has 0 spiro atoms. The Hall–Kier alpha value is -2.57. The summed E-state index contributed by atoms with van der Waals surface area (Å²) >= 11 is 0. The lowest BCUT2D eigenvalue weighted by atomic mass is 10.1. The number of hydrogen-bond donors (Lipinski definition) is 1. The molecule has 168 valence electrons. The van der Waals surface area contributed by atoms with Crippen molar-refractivity contribution in [3.8, 4) is 0 Å². The molecule has 1 aromatic heterocycles. The molecule has 2 aromatic rings. The molecule has 2 aliphatic rings. The number of nitrogens with zero attached hydrogens (tertiary/aromatic N) is 6. The molecule has 2 aliphatic heterocycles. The number of nitrogens with one attached hydrogen (secondary N) is 1. The number of aromatic nitrogens is 3. The summed E-state index contributed by atoms with van der Waals surface area (Å²) in [5.41, 5.74) is 4.13. The first-order valence-corrected chi connectivity index (χ1v) is 11.8. The van der Waals surface area contributed by atoms with Gasteiger partial charge in [0.15, 0.2) is 5.96 Å². The maximum Gasteiger partial charge on any atom is 0.193 e. The normalized spacial score (nSPS) is 17.5. The number of benzene rings is 1. The van der Waals surface area contributed by atoms with Gasteiger partial charge >= 0.3 is 0 Å². The third kappa shape index (κ3) is 5.02. The molecule has 1 N–H and O–H groups in total. The van der Waals surface area contributed by atoms with Crippen LogP contribution < -0.4 is 10.2 Å². The SMILES string of the molecule is CN=C(NCCCc1nnc2n1CCCCC2)N1CCN(c2cccc(C)c2C)CC1. The van der Waals surface area contributed by atoms with Gasteiger partial charge < -0.3 is 19.7 Å². The fourth-order valence-electron chi connectivity index (χ4n) is 4.75. The van der Waals surface area contributed by atoms with Crippen LogP contribution in [0, 0.1) is 13.8 Å². The standard InChI is InChI=1S/C24H37N7/c1-19-9-7-10-21(20(19)2)29-15-17-30(18-16-29)24(25-3)26-13-8-12-23-28-27-22-11-5-4-6-14-31(22)23/h7,9-10H,4-6,8,11-18H2,1-3H3,(H,25,26). The largest absolute Gasteiger partial charge is 0.368 e. The molecule has 0 atom stereocenters. The van der Waals surface area contributed by atoms with E-state index in [4.69, 9.17) is 0 Å². The smallest absolute Gasteiger partial charge is 0.193 e. The molecule has 7 nitrogen and oxygen atoms in total. The molecule has 0 unspecified atom stereocenters. The van der Waals surface area contributed by atoms with Gasteiger partial charge in [0, 0.05) is 64.8 Å². The minimum Gasteiger partial charge on any atom is -0.368 e. The van der Waals surface area contributed by atoms with Crippen molar-refractivity contribution in [2.75, 3.05) is 44.7 Å². The van der Waals surface area contributed by atoms with Crippen molar-refractivity contribution in [2.45, 2.75) is 58.9 Å². The van der Waals surface area contributed by atoms with Crippen LogP contribution in [0.15, 0.2) is 23.2 Å². The van der Waals surface area contributed by atoms with Gasteiger partial charge in [-0.3, -0.25) is 4.99 Å². The zero-order chi connectivity index (χ0) is 21.6. The number of aliphatic imine (C=N–C) groups is 1. The van der Waals surface area contributed by atoms with Crippen molar-refractivity contribution in [1.29, 1.82) is 0 Å². The molecular formula is C24H37N7. The quantitative estimate of drug-likeness (QED) is 0.455. The van der Waals surface area contributed by atoms with Crippen molar-refractivity contribution in [2.24, 2.45) is 4.99 Å². The van der Waals surface area contributed by atoms with Crippen LogP contribution in [-0.4, -0.2) is 65.4 Å². The van der Waals surface area contributed by atoms with Gasteiger partial charge in [-0.25, -0.2) is 0 Å². The van der Waals surface area contributed by atoms with E-state index < -0.39 is 0 Å². The highest BCUT2D eigenvalue weighted by molar-refractivity contribution is 5.80. The predicted octanol–water partition coefficient (Wildman–Crippen LogP) is 2.95. The summed E-state index contributed by atoms with van der Waals surface area (Å²) in [6.45, 7) is 10.4. The molecule has 7 heteroatoms. The zero-order valence-electron chi connectivity index (χ0n) is 19.4. The first kappa shape index (κ1) is 21.7. The van der Waals surface area contributed by atoms with E-state index >= 15 is 0 Å². The van der Waals surface area contributed by atoms with Gasteiger partial charge in [0.05, 0.1) is 0 Å². The fraction of sp³-hybridized carbons (Fsp3) is 0.625. The molecule has 0 radical (unpaired) electrons. The third-order valence-corrected chi connectivity index (χ3v) is 6.75. The maximum absolute atomic E-state index is 4.54. The second kappa shape index (κ2) is 10.2. The number of hydrogen-bond acceptors (Lipinski definition) is 4. The Morgan fingerprint density at radius 1 is 1.03 bits per heavy atom. The topological polar surface area (TPSA) is 61.6 Å². The number of guanidine groups is 1. The third-order valence-electron chi connectivity index (χ3n) is 6.75. The molecule has 0 saturated carbocycles. The summed E-state index contributed by atoms with van der Waals surface area (Å²) in [5, 5.41) is 12.4. The van der Waals surface area contributed by atoms with Crippen LogP contribution in [0.3, 0.4) is 0 Å². The Morgan fingerprint density at radius 3 is 2.68 bits per heavy atom. The van der Waals surface area contributed by atoms with E-state index in [9.17, 15) is 0 Å². The average Bonchev–Trinajstić information content (AvgIpc) is 3.01. The monoisotopic (exact) mass is 423 g/mol. The molecular weight excluding hydrogens is 386 g/mol. The molecule has 1 saturated heterocycles. The maximum atomic E-state index is 4.54.